The Morgan fingerprint density at radius 3 is 2.59 bits per heavy atom. The number of anilines is 1. The van der Waals surface area contributed by atoms with Crippen LogP contribution in [0.3, 0.4) is 0 Å². The van der Waals surface area contributed by atoms with E-state index in [4.69, 9.17) is 5.41 Å². The molecule has 1 aromatic rings. The van der Waals surface area contributed by atoms with E-state index in [1.165, 1.54) is 49.1 Å². The molecular weight excluding hydrogens is 272 g/mol. The fraction of sp³-hybridized carbons (Fsp3) is 0.500. The van der Waals surface area contributed by atoms with E-state index in [0.717, 1.165) is 18.5 Å². The molecule has 1 aromatic carbocycles. The van der Waals surface area contributed by atoms with Crippen LogP contribution in [0.4, 0.5) is 11.4 Å². The third kappa shape index (κ3) is 4.68. The van der Waals surface area contributed by atoms with E-state index >= 15 is 0 Å². The average molecular weight is 301 g/mol. The third-order valence-electron chi connectivity index (χ3n) is 4.20. The molecule has 120 valence electrons. The first-order valence-corrected chi connectivity index (χ1v) is 8.20. The average Bonchev–Trinajstić information content (AvgIpc) is 3.03. The summed E-state index contributed by atoms with van der Waals surface area (Å²) in [7, 11) is 4.15. The second-order valence-corrected chi connectivity index (χ2v) is 6.22. The summed E-state index contributed by atoms with van der Waals surface area (Å²) >= 11 is 0. The molecule has 1 saturated heterocycles. The van der Waals surface area contributed by atoms with Crippen molar-refractivity contribution in [3.8, 4) is 0 Å². The van der Waals surface area contributed by atoms with Gasteiger partial charge in [0, 0.05) is 50.2 Å². The van der Waals surface area contributed by atoms with Crippen molar-refractivity contribution in [3.05, 3.63) is 35.5 Å². The second-order valence-electron chi connectivity index (χ2n) is 6.22. The molecule has 0 radical (unpaired) electrons. The predicted molar refractivity (Wildman–Crippen MR) is 94.3 cm³/mol. The van der Waals surface area contributed by atoms with Crippen molar-refractivity contribution in [2.45, 2.75) is 26.2 Å². The lowest BCUT2D eigenvalue weighted by atomic mass is 10.1. The maximum Gasteiger partial charge on any atom is 0.136 e. The van der Waals surface area contributed by atoms with Gasteiger partial charge in [-0.3, -0.25) is 10.2 Å². The molecule has 1 aliphatic rings. The largest absolute Gasteiger partial charge is 0.377 e. The summed E-state index contributed by atoms with van der Waals surface area (Å²) < 4.78 is 0. The first-order chi connectivity index (χ1) is 10.6. The molecular formula is C18H29N4+. The van der Waals surface area contributed by atoms with Crippen molar-refractivity contribution in [2.75, 3.05) is 38.6 Å². The Hall–Kier alpha value is -1.65. The van der Waals surface area contributed by atoms with Gasteiger partial charge in [-0.25, -0.2) is 0 Å². The Labute approximate surface area is 134 Å². The van der Waals surface area contributed by atoms with Gasteiger partial charge in [-0.15, -0.1) is 0 Å². The lowest BCUT2D eigenvalue weighted by molar-refractivity contribution is -0.497. The van der Waals surface area contributed by atoms with Crippen LogP contribution in [-0.2, 0) is 6.42 Å². The van der Waals surface area contributed by atoms with Gasteiger partial charge in [0.25, 0.3) is 0 Å². The van der Waals surface area contributed by atoms with E-state index in [2.05, 4.69) is 60.5 Å². The number of benzene rings is 1. The van der Waals surface area contributed by atoms with Gasteiger partial charge in [-0.2, -0.15) is 0 Å². The molecule has 1 aliphatic heterocycles. The van der Waals surface area contributed by atoms with Crippen molar-refractivity contribution in [1.29, 1.82) is 5.41 Å². The Bertz CT molecular complexity index is 528. The van der Waals surface area contributed by atoms with Gasteiger partial charge < -0.3 is 10.3 Å². The third-order valence-corrected chi connectivity index (χ3v) is 4.20. The molecule has 4 nitrogen and oxygen atoms in total. The van der Waals surface area contributed by atoms with Crippen LogP contribution >= 0.6 is 0 Å². The van der Waals surface area contributed by atoms with Crippen molar-refractivity contribution in [2.24, 2.45) is 0 Å². The molecule has 4 heteroatoms. The summed E-state index contributed by atoms with van der Waals surface area (Å²) in [5, 5.41) is 9.77. The number of aryl methyl sites for hydroxylation is 1. The van der Waals surface area contributed by atoms with E-state index in [9.17, 15) is 0 Å². The van der Waals surface area contributed by atoms with E-state index in [1.54, 1.807) is 0 Å². The van der Waals surface area contributed by atoms with Gasteiger partial charge in [0.2, 0.25) is 0 Å². The van der Waals surface area contributed by atoms with Crippen LogP contribution in [0.15, 0.2) is 30.0 Å². The summed E-state index contributed by atoms with van der Waals surface area (Å²) in [5.41, 5.74) is 4.87. The lowest BCUT2D eigenvalue weighted by Gasteiger charge is -2.15. The van der Waals surface area contributed by atoms with Crippen LogP contribution < -0.4 is 10.2 Å². The number of likely N-dealkylation sites (tertiary alicyclic amines) is 1. The Balaban J connectivity index is 2.08. The molecule has 2 rings (SSSR count). The van der Waals surface area contributed by atoms with Crippen molar-refractivity contribution in [3.63, 3.8) is 0 Å². The van der Waals surface area contributed by atoms with Crippen molar-refractivity contribution >= 4 is 17.6 Å². The number of rotatable bonds is 7. The highest BCUT2D eigenvalue weighted by atomic mass is 15.1. The van der Waals surface area contributed by atoms with Gasteiger partial charge in [-0.1, -0.05) is 6.92 Å². The summed E-state index contributed by atoms with van der Waals surface area (Å²) in [6.45, 7) is 5.42. The monoisotopic (exact) mass is 301 g/mol. The molecule has 22 heavy (non-hydrogen) atoms. The smallest absolute Gasteiger partial charge is 0.136 e. The fourth-order valence-electron chi connectivity index (χ4n) is 2.81. The van der Waals surface area contributed by atoms with E-state index in [-0.39, 0.29) is 0 Å². The molecule has 0 atom stereocenters. The van der Waals surface area contributed by atoms with Gasteiger partial charge in [0.15, 0.2) is 0 Å². The molecule has 0 saturated carbocycles. The zero-order valence-electron chi connectivity index (χ0n) is 14.1. The number of hydrogen-bond donors (Lipinski definition) is 2. The minimum absolute atomic E-state index is 0.897. The number of nitrogens with zero attached hydrogens (tertiary/aromatic N) is 2. The molecule has 0 unspecified atom stereocenters. The zero-order chi connectivity index (χ0) is 15.9. The molecule has 3 N–H and O–H groups in total. The molecule has 0 amide bonds. The Morgan fingerprint density at radius 1 is 1.27 bits per heavy atom. The summed E-state index contributed by atoms with van der Waals surface area (Å²) in [6, 6.07) is 6.68. The minimum Gasteiger partial charge on any atom is -0.377 e. The van der Waals surface area contributed by atoms with Crippen molar-refractivity contribution < 1.29 is 5.32 Å². The summed E-state index contributed by atoms with van der Waals surface area (Å²) in [5.74, 6) is 0. The van der Waals surface area contributed by atoms with E-state index in [1.807, 2.05) is 0 Å². The van der Waals surface area contributed by atoms with Gasteiger partial charge >= 0.3 is 0 Å². The molecule has 0 bridgehead atoms. The van der Waals surface area contributed by atoms with Gasteiger partial charge in [0.05, 0.1) is 0 Å². The predicted octanol–water partition coefficient (Wildman–Crippen LogP) is 2.14. The fourth-order valence-corrected chi connectivity index (χ4v) is 2.81. The molecule has 1 fully saturated rings. The van der Waals surface area contributed by atoms with Gasteiger partial charge in [0.1, 0.15) is 11.9 Å². The highest BCUT2D eigenvalue weighted by Crippen LogP contribution is 2.18. The number of hydrogen-bond acceptors (Lipinski definition) is 3. The number of nitrogens with two attached hydrogens (primary N) is 1. The first kappa shape index (κ1) is 16.7. The maximum atomic E-state index is 7.63. The topological polar surface area (TPSA) is 46.9 Å². The SMILES string of the molecule is CCc1cc([NH2+]/C=C(\C=N)CN2CCCC2)cc(N(C)C)c1. The van der Waals surface area contributed by atoms with Crippen molar-refractivity contribution in [1.82, 2.24) is 4.90 Å². The zero-order valence-corrected chi connectivity index (χ0v) is 14.1. The standard InChI is InChI=1S/C18H28N4/c1-4-15-9-17(11-18(10-15)21(2)3)20-13-16(12-19)14-22-7-5-6-8-22/h9-13,19-20H,4-8,14H2,1-3H3/p+1/b16-13+,19-12?. The molecule has 0 aromatic heterocycles. The quantitative estimate of drug-likeness (QED) is 0.599. The van der Waals surface area contributed by atoms with Crippen LogP contribution in [0, 0.1) is 5.41 Å². The molecule has 0 spiro atoms. The number of quaternary nitrogens is 1. The summed E-state index contributed by atoms with van der Waals surface area (Å²) in [4.78, 5) is 4.57. The lowest BCUT2D eigenvalue weighted by Crippen LogP contribution is -2.71. The normalized spacial score (nSPS) is 16.0. The highest BCUT2D eigenvalue weighted by molar-refractivity contribution is 5.75. The van der Waals surface area contributed by atoms with Crippen LogP contribution in [0.5, 0.6) is 0 Å². The maximum absolute atomic E-state index is 7.63. The van der Waals surface area contributed by atoms with Crippen LogP contribution in [-0.4, -0.2) is 44.8 Å². The molecule has 1 heterocycles. The van der Waals surface area contributed by atoms with Gasteiger partial charge in [-0.05, 0) is 44.0 Å². The molecule has 0 aliphatic carbocycles. The number of nitrogens with one attached hydrogen (secondary N) is 1. The first-order valence-electron chi connectivity index (χ1n) is 8.20. The second kappa shape index (κ2) is 8.11. The van der Waals surface area contributed by atoms with Crippen LogP contribution in [0.25, 0.3) is 0 Å². The Kier molecular flexibility index (Phi) is 6.16. The van der Waals surface area contributed by atoms with Crippen LogP contribution in [0.1, 0.15) is 25.3 Å². The summed E-state index contributed by atoms with van der Waals surface area (Å²) in [6.07, 6.45) is 7.21. The highest BCUT2D eigenvalue weighted by Gasteiger charge is 2.13. The van der Waals surface area contributed by atoms with E-state index in [0.29, 0.717) is 0 Å². The van der Waals surface area contributed by atoms with Crippen LogP contribution in [0.2, 0.25) is 0 Å². The Morgan fingerprint density at radius 2 is 2.00 bits per heavy atom. The minimum atomic E-state index is 0.897. The van der Waals surface area contributed by atoms with E-state index < -0.39 is 0 Å².